The topological polar surface area (TPSA) is 26.3 Å². The maximum atomic E-state index is 11.2. The molecule has 3 rings (SSSR count). The molecule has 2 unspecified atom stereocenters. The highest BCUT2D eigenvalue weighted by atomic mass is 16.5. The number of hydrogen-bond acceptors (Lipinski definition) is 2. The Bertz CT molecular complexity index is 511. The summed E-state index contributed by atoms with van der Waals surface area (Å²) in [6.07, 6.45) is 5.42. The number of hydrogen-bond donors (Lipinski definition) is 0. The molecule has 0 fully saturated rings. The minimum Gasteiger partial charge on any atom is -0.430 e. The average Bonchev–Trinajstić information content (AvgIpc) is 2.90. The first-order valence-corrected chi connectivity index (χ1v) is 5.92. The van der Waals surface area contributed by atoms with Crippen LogP contribution in [0.5, 0.6) is 0 Å². The first-order valence-electron chi connectivity index (χ1n) is 5.92. The lowest BCUT2D eigenvalue weighted by Gasteiger charge is -2.15. The quantitative estimate of drug-likeness (QED) is 0.572. The van der Waals surface area contributed by atoms with Gasteiger partial charge in [0.25, 0.3) is 0 Å². The third-order valence-corrected chi connectivity index (χ3v) is 3.40. The molecule has 0 heterocycles. The Labute approximate surface area is 101 Å². The molecule has 0 radical (unpaired) electrons. The fraction of sp³-hybridized carbons (Fsp3) is 0.267. The van der Waals surface area contributed by atoms with Crippen molar-refractivity contribution in [1.82, 2.24) is 0 Å². The van der Waals surface area contributed by atoms with Crippen LogP contribution in [0.25, 0.3) is 5.57 Å². The molecule has 0 saturated carbocycles. The maximum absolute atomic E-state index is 11.2. The summed E-state index contributed by atoms with van der Waals surface area (Å²) in [7, 11) is 0. The van der Waals surface area contributed by atoms with Crippen LogP contribution in [0, 0.1) is 11.8 Å². The Hall–Kier alpha value is -1.83. The molecular weight excluding hydrogens is 212 g/mol. The summed E-state index contributed by atoms with van der Waals surface area (Å²) in [5, 5.41) is 0. The monoisotopic (exact) mass is 226 g/mol. The number of carbonyl (C=O) groups is 1. The molecule has 2 atom stereocenters. The van der Waals surface area contributed by atoms with Crippen LogP contribution in [0.2, 0.25) is 0 Å². The van der Waals surface area contributed by atoms with Gasteiger partial charge in [-0.05, 0) is 12.0 Å². The molecule has 0 aromatic heterocycles. The van der Waals surface area contributed by atoms with E-state index in [1.54, 1.807) is 0 Å². The first kappa shape index (κ1) is 10.3. The zero-order valence-electron chi connectivity index (χ0n) is 9.72. The third kappa shape index (κ3) is 1.70. The van der Waals surface area contributed by atoms with Gasteiger partial charge in [-0.1, -0.05) is 42.5 Å². The standard InChI is InChI=1S/C15H14O2/c1-10(16)17-15-13-8-7-12(9-13)14(15)11-5-3-2-4-6-11/h2-8,12-13H,9H2,1H3. The predicted octanol–water partition coefficient (Wildman–Crippen LogP) is 3.17. The van der Waals surface area contributed by atoms with Crippen LogP contribution >= 0.6 is 0 Å². The highest BCUT2D eigenvalue weighted by molar-refractivity contribution is 5.78. The Morgan fingerprint density at radius 2 is 1.88 bits per heavy atom. The van der Waals surface area contributed by atoms with E-state index in [-0.39, 0.29) is 5.97 Å². The molecule has 0 N–H and O–H groups in total. The predicted molar refractivity (Wildman–Crippen MR) is 65.9 cm³/mol. The van der Waals surface area contributed by atoms with Crippen molar-refractivity contribution in [1.29, 1.82) is 0 Å². The number of fused-ring (bicyclic) bond motifs is 2. The van der Waals surface area contributed by atoms with E-state index in [9.17, 15) is 4.79 Å². The van der Waals surface area contributed by atoms with Gasteiger partial charge in [0.1, 0.15) is 5.76 Å². The Morgan fingerprint density at radius 3 is 2.59 bits per heavy atom. The molecule has 0 saturated heterocycles. The van der Waals surface area contributed by atoms with Gasteiger partial charge in [0, 0.05) is 24.3 Å². The fourth-order valence-corrected chi connectivity index (χ4v) is 2.75. The van der Waals surface area contributed by atoms with Crippen molar-refractivity contribution in [3.63, 3.8) is 0 Å². The fourth-order valence-electron chi connectivity index (χ4n) is 2.75. The zero-order chi connectivity index (χ0) is 11.8. The minimum absolute atomic E-state index is 0.227. The Kier molecular flexibility index (Phi) is 2.36. The lowest BCUT2D eigenvalue weighted by Crippen LogP contribution is -2.06. The molecule has 2 heteroatoms. The SMILES string of the molecule is CC(=O)OC1=C(c2ccccc2)C2C=CC1C2. The second-order valence-electron chi connectivity index (χ2n) is 4.57. The Morgan fingerprint density at radius 1 is 1.18 bits per heavy atom. The van der Waals surface area contributed by atoms with Gasteiger partial charge >= 0.3 is 5.97 Å². The van der Waals surface area contributed by atoms with Crippen molar-refractivity contribution in [3.8, 4) is 0 Å². The maximum Gasteiger partial charge on any atom is 0.307 e. The molecule has 2 bridgehead atoms. The molecular formula is C15H14O2. The van der Waals surface area contributed by atoms with Crippen molar-refractivity contribution >= 4 is 11.5 Å². The van der Waals surface area contributed by atoms with E-state index in [0.717, 1.165) is 12.2 Å². The van der Waals surface area contributed by atoms with E-state index in [1.165, 1.54) is 18.1 Å². The van der Waals surface area contributed by atoms with E-state index >= 15 is 0 Å². The van der Waals surface area contributed by atoms with Gasteiger partial charge in [-0.2, -0.15) is 0 Å². The summed E-state index contributed by atoms with van der Waals surface area (Å²) in [6, 6.07) is 10.2. The normalized spacial score (nSPS) is 25.5. The van der Waals surface area contributed by atoms with Gasteiger partial charge < -0.3 is 4.74 Å². The molecule has 2 aliphatic carbocycles. The first-order chi connectivity index (χ1) is 8.25. The molecule has 0 aliphatic heterocycles. The molecule has 86 valence electrons. The summed E-state index contributed by atoms with van der Waals surface area (Å²) < 4.78 is 5.40. The van der Waals surface area contributed by atoms with Crippen molar-refractivity contribution in [2.24, 2.45) is 11.8 Å². The van der Waals surface area contributed by atoms with Gasteiger partial charge in [0.15, 0.2) is 0 Å². The summed E-state index contributed by atoms with van der Waals surface area (Å²) in [5.74, 6) is 1.33. The van der Waals surface area contributed by atoms with Crippen LogP contribution in [0.3, 0.4) is 0 Å². The van der Waals surface area contributed by atoms with E-state index < -0.39 is 0 Å². The second-order valence-corrected chi connectivity index (χ2v) is 4.57. The molecule has 0 spiro atoms. The zero-order valence-corrected chi connectivity index (χ0v) is 9.72. The third-order valence-electron chi connectivity index (χ3n) is 3.40. The number of carbonyl (C=O) groups excluding carboxylic acids is 1. The van der Waals surface area contributed by atoms with Gasteiger partial charge in [-0.15, -0.1) is 0 Å². The number of ether oxygens (including phenoxy) is 1. The summed E-state index contributed by atoms with van der Waals surface area (Å²) in [5.41, 5.74) is 2.36. The largest absolute Gasteiger partial charge is 0.430 e. The molecule has 17 heavy (non-hydrogen) atoms. The van der Waals surface area contributed by atoms with E-state index in [2.05, 4.69) is 24.3 Å². The van der Waals surface area contributed by atoms with Crippen molar-refractivity contribution in [2.45, 2.75) is 13.3 Å². The van der Waals surface area contributed by atoms with E-state index in [0.29, 0.717) is 11.8 Å². The highest BCUT2D eigenvalue weighted by Crippen LogP contribution is 2.48. The van der Waals surface area contributed by atoms with Crippen LogP contribution < -0.4 is 0 Å². The van der Waals surface area contributed by atoms with Gasteiger partial charge in [-0.3, -0.25) is 4.79 Å². The molecule has 1 aromatic carbocycles. The average molecular weight is 226 g/mol. The molecule has 0 amide bonds. The number of benzene rings is 1. The second kappa shape index (κ2) is 3.88. The highest BCUT2D eigenvalue weighted by Gasteiger charge is 2.37. The Balaban J connectivity index is 2.04. The van der Waals surface area contributed by atoms with Crippen LogP contribution in [0.4, 0.5) is 0 Å². The minimum atomic E-state index is -0.227. The smallest absolute Gasteiger partial charge is 0.307 e. The van der Waals surface area contributed by atoms with Gasteiger partial charge in [0.05, 0.1) is 0 Å². The summed E-state index contributed by atoms with van der Waals surface area (Å²) in [6.45, 7) is 1.46. The van der Waals surface area contributed by atoms with Crippen molar-refractivity contribution in [3.05, 3.63) is 53.8 Å². The van der Waals surface area contributed by atoms with Gasteiger partial charge in [-0.25, -0.2) is 0 Å². The van der Waals surface area contributed by atoms with Crippen LogP contribution in [-0.2, 0) is 9.53 Å². The van der Waals surface area contributed by atoms with Crippen molar-refractivity contribution in [2.75, 3.05) is 0 Å². The van der Waals surface area contributed by atoms with Crippen molar-refractivity contribution < 1.29 is 9.53 Å². The van der Waals surface area contributed by atoms with E-state index in [1.807, 2.05) is 18.2 Å². The van der Waals surface area contributed by atoms with Crippen LogP contribution in [-0.4, -0.2) is 5.97 Å². The van der Waals surface area contributed by atoms with Crippen LogP contribution in [0.15, 0.2) is 48.2 Å². The lowest BCUT2D eigenvalue weighted by atomic mass is 9.95. The van der Waals surface area contributed by atoms with Gasteiger partial charge in [0.2, 0.25) is 0 Å². The summed E-state index contributed by atoms with van der Waals surface area (Å²) in [4.78, 5) is 11.2. The molecule has 2 aliphatic rings. The van der Waals surface area contributed by atoms with Crippen LogP contribution in [0.1, 0.15) is 18.9 Å². The van der Waals surface area contributed by atoms with E-state index in [4.69, 9.17) is 4.74 Å². The molecule has 1 aromatic rings. The summed E-state index contributed by atoms with van der Waals surface area (Å²) >= 11 is 0. The number of allylic oxidation sites excluding steroid dienone is 3. The molecule has 2 nitrogen and oxygen atoms in total. The number of esters is 1. The lowest BCUT2D eigenvalue weighted by molar-refractivity contribution is -0.137. The number of rotatable bonds is 2.